The number of aryl methyl sites for hydroxylation is 1. The fourth-order valence-electron chi connectivity index (χ4n) is 7.07. The van der Waals surface area contributed by atoms with Gasteiger partial charge in [0.05, 0.1) is 0 Å². The fraction of sp³-hybridized carbons (Fsp3) is 0.414. The van der Waals surface area contributed by atoms with Crippen LogP contribution in [0, 0.1) is 23.3 Å². The van der Waals surface area contributed by atoms with Crippen LogP contribution in [0.3, 0.4) is 0 Å². The Labute approximate surface area is 200 Å². The molecule has 4 atom stereocenters. The molecule has 31 heavy (non-hydrogen) atoms. The van der Waals surface area contributed by atoms with Crippen LogP contribution in [0.15, 0.2) is 60.8 Å². The molecule has 2 fully saturated rings. The molecule has 1 heterocycles. The zero-order valence-electron chi connectivity index (χ0n) is 18.2. The number of pyridine rings is 1. The van der Waals surface area contributed by atoms with E-state index in [0.29, 0.717) is 5.41 Å². The first kappa shape index (κ1) is 21.1. The molecule has 3 aliphatic carbocycles. The van der Waals surface area contributed by atoms with Gasteiger partial charge in [-0.15, -0.1) is 35.4 Å². The van der Waals surface area contributed by atoms with Crippen molar-refractivity contribution < 1.29 is 20.1 Å². The quantitative estimate of drug-likeness (QED) is 0.285. The molecular weight excluding hydrogens is 555 g/mol. The standard InChI is InChI=1S/C29H30N.Ir/c1-29-15-5-8-27(29)26-13-11-22-18-21(10-12-24(22)25(26)14-16-29)20-6-4-7-23(19-20)28-9-2-3-17-30-28;/h2-4,6,9-10,12,17-19,25-27H,5,8,11,13-16H2,1H3;/q-1;/t25-,26-,27+,29+;/m1./s1. The molecule has 0 saturated heterocycles. The second-order valence-electron chi connectivity index (χ2n) is 10.1. The summed E-state index contributed by atoms with van der Waals surface area (Å²) in [6.07, 6.45) is 11.7. The van der Waals surface area contributed by atoms with E-state index in [-0.39, 0.29) is 20.1 Å². The van der Waals surface area contributed by atoms with Crippen LogP contribution in [0.2, 0.25) is 0 Å². The summed E-state index contributed by atoms with van der Waals surface area (Å²) >= 11 is 0. The Hall–Kier alpha value is -1.76. The Morgan fingerprint density at radius 1 is 0.968 bits per heavy atom. The van der Waals surface area contributed by atoms with E-state index >= 15 is 0 Å². The van der Waals surface area contributed by atoms with Crippen molar-refractivity contribution in [2.24, 2.45) is 17.3 Å². The number of nitrogens with zero attached hydrogens (tertiary/aromatic N) is 1. The molecule has 2 heteroatoms. The third-order valence-electron chi connectivity index (χ3n) is 8.58. The predicted octanol–water partition coefficient (Wildman–Crippen LogP) is 7.46. The van der Waals surface area contributed by atoms with Crippen LogP contribution in [0.1, 0.15) is 62.5 Å². The predicted molar refractivity (Wildman–Crippen MR) is 123 cm³/mol. The molecular formula is C29H30IrN-. The minimum absolute atomic E-state index is 0. The van der Waals surface area contributed by atoms with E-state index in [1.165, 1.54) is 56.1 Å². The summed E-state index contributed by atoms with van der Waals surface area (Å²) in [6.45, 7) is 2.59. The van der Waals surface area contributed by atoms with Crippen molar-refractivity contribution in [1.82, 2.24) is 4.98 Å². The molecule has 1 aromatic heterocycles. The molecule has 1 nitrogen and oxygen atoms in total. The van der Waals surface area contributed by atoms with E-state index in [0.717, 1.165) is 29.0 Å². The van der Waals surface area contributed by atoms with E-state index in [1.807, 2.05) is 24.4 Å². The van der Waals surface area contributed by atoms with Gasteiger partial charge in [-0.05, 0) is 90.1 Å². The molecule has 0 aliphatic heterocycles. The van der Waals surface area contributed by atoms with Crippen molar-refractivity contribution in [3.63, 3.8) is 0 Å². The van der Waals surface area contributed by atoms with Crippen LogP contribution >= 0.6 is 0 Å². The minimum Gasteiger partial charge on any atom is -0.305 e. The Morgan fingerprint density at radius 3 is 2.74 bits per heavy atom. The number of fused-ring (bicyclic) bond motifs is 5. The summed E-state index contributed by atoms with van der Waals surface area (Å²) in [5.41, 5.74) is 8.56. The van der Waals surface area contributed by atoms with E-state index in [2.05, 4.69) is 54.4 Å². The fourth-order valence-corrected chi connectivity index (χ4v) is 7.07. The zero-order chi connectivity index (χ0) is 20.1. The molecule has 0 bridgehead atoms. The second-order valence-corrected chi connectivity index (χ2v) is 10.1. The van der Waals surface area contributed by atoms with Crippen LogP contribution < -0.4 is 0 Å². The monoisotopic (exact) mass is 585 g/mol. The maximum Gasteiger partial charge on any atom is 0.0160 e. The summed E-state index contributed by atoms with van der Waals surface area (Å²) in [4.78, 5) is 4.50. The molecule has 0 spiro atoms. The molecule has 3 aromatic rings. The number of hydrogen-bond donors (Lipinski definition) is 0. The smallest absolute Gasteiger partial charge is 0.0160 e. The summed E-state index contributed by atoms with van der Waals surface area (Å²) in [6, 6.07) is 23.2. The molecule has 0 unspecified atom stereocenters. The largest absolute Gasteiger partial charge is 0.305 e. The molecule has 0 amide bonds. The summed E-state index contributed by atoms with van der Waals surface area (Å²) in [7, 11) is 0. The average Bonchev–Trinajstić information content (AvgIpc) is 3.21. The van der Waals surface area contributed by atoms with Crippen LogP contribution in [-0.4, -0.2) is 4.98 Å². The van der Waals surface area contributed by atoms with E-state index in [1.54, 1.807) is 11.1 Å². The van der Waals surface area contributed by atoms with Crippen molar-refractivity contribution in [3.05, 3.63) is 78.0 Å². The molecule has 3 aliphatic rings. The Balaban J connectivity index is 0.00000204. The van der Waals surface area contributed by atoms with Gasteiger partial charge in [-0.1, -0.05) is 43.7 Å². The van der Waals surface area contributed by atoms with Crippen molar-refractivity contribution in [1.29, 1.82) is 0 Å². The maximum absolute atomic E-state index is 4.50. The van der Waals surface area contributed by atoms with Crippen molar-refractivity contribution >= 4 is 0 Å². The zero-order valence-corrected chi connectivity index (χ0v) is 20.6. The number of aromatic nitrogens is 1. The van der Waals surface area contributed by atoms with Gasteiger partial charge in [-0.2, -0.15) is 0 Å². The van der Waals surface area contributed by atoms with Gasteiger partial charge in [-0.3, -0.25) is 0 Å². The number of hydrogen-bond acceptors (Lipinski definition) is 1. The summed E-state index contributed by atoms with van der Waals surface area (Å²) in [5, 5.41) is 0. The van der Waals surface area contributed by atoms with E-state index in [4.69, 9.17) is 0 Å². The van der Waals surface area contributed by atoms with Crippen LogP contribution in [0.25, 0.3) is 22.4 Å². The maximum atomic E-state index is 4.50. The molecule has 2 aromatic carbocycles. The Morgan fingerprint density at radius 2 is 1.87 bits per heavy atom. The average molecular weight is 585 g/mol. The van der Waals surface area contributed by atoms with Crippen molar-refractivity contribution in [3.8, 4) is 22.4 Å². The van der Waals surface area contributed by atoms with Crippen LogP contribution in [0.5, 0.6) is 0 Å². The second kappa shape index (κ2) is 8.30. The number of rotatable bonds is 2. The Bertz CT molecular complexity index is 1080. The first-order valence-electron chi connectivity index (χ1n) is 11.8. The Kier molecular flexibility index (Phi) is 5.65. The minimum atomic E-state index is 0. The van der Waals surface area contributed by atoms with Gasteiger partial charge in [-0.25, -0.2) is 0 Å². The van der Waals surface area contributed by atoms with Gasteiger partial charge < -0.3 is 4.98 Å². The number of benzene rings is 2. The van der Waals surface area contributed by atoms with Crippen molar-refractivity contribution in [2.45, 2.75) is 57.8 Å². The van der Waals surface area contributed by atoms with Gasteiger partial charge >= 0.3 is 0 Å². The van der Waals surface area contributed by atoms with Gasteiger partial charge in [0.25, 0.3) is 0 Å². The van der Waals surface area contributed by atoms with Crippen LogP contribution in [-0.2, 0) is 26.5 Å². The first-order valence-corrected chi connectivity index (χ1v) is 11.8. The SMILES string of the molecule is C[C@@]12CCC[C@H]1[C@@H]1CCc3cc(-c4cc[c-]c(-c5ccccn5)c4)ccc3[C@H]1CC2.[Ir]. The topological polar surface area (TPSA) is 12.9 Å². The van der Waals surface area contributed by atoms with Crippen molar-refractivity contribution in [2.75, 3.05) is 0 Å². The molecule has 0 N–H and O–H groups in total. The third-order valence-corrected chi connectivity index (χ3v) is 8.58. The van der Waals surface area contributed by atoms with Crippen LogP contribution in [0.4, 0.5) is 0 Å². The first-order chi connectivity index (χ1) is 14.7. The van der Waals surface area contributed by atoms with Gasteiger partial charge in [0.1, 0.15) is 0 Å². The normalized spacial score (nSPS) is 28.7. The van der Waals surface area contributed by atoms with Gasteiger partial charge in [0, 0.05) is 26.3 Å². The third kappa shape index (κ3) is 3.62. The molecule has 6 rings (SSSR count). The summed E-state index contributed by atoms with van der Waals surface area (Å²) in [5.74, 6) is 2.69. The van der Waals surface area contributed by atoms with Gasteiger partial charge in [0.2, 0.25) is 0 Å². The summed E-state index contributed by atoms with van der Waals surface area (Å²) < 4.78 is 0. The van der Waals surface area contributed by atoms with E-state index in [9.17, 15) is 0 Å². The molecule has 2 saturated carbocycles. The molecule has 1 radical (unpaired) electrons. The molecule has 161 valence electrons. The van der Waals surface area contributed by atoms with Gasteiger partial charge in [0.15, 0.2) is 0 Å². The van der Waals surface area contributed by atoms with E-state index < -0.39 is 0 Å².